The molecule has 104 valence electrons. The van der Waals surface area contributed by atoms with Crippen molar-refractivity contribution in [3.63, 3.8) is 0 Å². The van der Waals surface area contributed by atoms with E-state index in [1.165, 1.54) is 12.1 Å². The molecule has 0 amide bonds. The normalized spacial score (nSPS) is 16.6. The fourth-order valence-corrected chi connectivity index (χ4v) is 2.73. The first-order chi connectivity index (χ1) is 9.47. The summed E-state index contributed by atoms with van der Waals surface area (Å²) in [7, 11) is 0. The minimum atomic E-state index is -0.660. The van der Waals surface area contributed by atoms with Crippen LogP contribution in [0.15, 0.2) is 18.2 Å². The maximum absolute atomic E-state index is 11.1. The molecule has 1 aromatic rings. The molecule has 2 rings (SSSR count). The van der Waals surface area contributed by atoms with Crippen molar-refractivity contribution in [1.29, 1.82) is 5.26 Å². The van der Waals surface area contributed by atoms with E-state index in [0.29, 0.717) is 5.56 Å². The second-order valence-corrected chi connectivity index (χ2v) is 5.10. The molecule has 0 bridgehead atoms. The number of benzene rings is 1. The number of nitro benzene ring substituents is 2. The van der Waals surface area contributed by atoms with Gasteiger partial charge in [0.1, 0.15) is 0 Å². The Morgan fingerprint density at radius 3 is 2.35 bits per heavy atom. The fraction of sp³-hybridized carbons (Fsp3) is 0.462. The number of hydrogen-bond acceptors (Lipinski definition) is 5. The van der Waals surface area contributed by atoms with Gasteiger partial charge in [0, 0.05) is 11.6 Å². The van der Waals surface area contributed by atoms with Gasteiger partial charge in [-0.15, -0.1) is 0 Å². The summed E-state index contributed by atoms with van der Waals surface area (Å²) >= 11 is 0. The van der Waals surface area contributed by atoms with Crippen LogP contribution >= 0.6 is 0 Å². The van der Waals surface area contributed by atoms with Gasteiger partial charge in [-0.1, -0.05) is 12.8 Å². The predicted octanol–water partition coefficient (Wildman–Crippen LogP) is 3.13. The molecule has 1 aliphatic rings. The first kappa shape index (κ1) is 13.9. The lowest BCUT2D eigenvalue weighted by molar-refractivity contribution is -0.394. The smallest absolute Gasteiger partial charge is 0.258 e. The maximum Gasteiger partial charge on any atom is 0.279 e. The van der Waals surface area contributed by atoms with Gasteiger partial charge >= 0.3 is 0 Å². The minimum absolute atomic E-state index is 0.276. The molecule has 1 saturated carbocycles. The van der Waals surface area contributed by atoms with Crippen LogP contribution in [0.2, 0.25) is 0 Å². The summed E-state index contributed by atoms with van der Waals surface area (Å²) < 4.78 is 0. The number of nitriles is 1. The quantitative estimate of drug-likeness (QED) is 0.619. The number of non-ortho nitro benzene ring substituents is 1. The standard InChI is InChI=1S/C13H13N3O4/c14-9-13(5-1-2-6-13)8-10-3-4-11(15(17)18)7-12(10)16(19)20/h3-4,7H,1-2,5-6,8H2. The van der Waals surface area contributed by atoms with Crippen molar-refractivity contribution in [2.75, 3.05) is 0 Å². The van der Waals surface area contributed by atoms with Crippen molar-refractivity contribution in [2.45, 2.75) is 32.1 Å². The second-order valence-electron chi connectivity index (χ2n) is 5.10. The molecular weight excluding hydrogens is 262 g/mol. The van der Waals surface area contributed by atoms with Gasteiger partial charge in [0.25, 0.3) is 11.4 Å². The lowest BCUT2D eigenvalue weighted by atomic mass is 9.81. The van der Waals surface area contributed by atoms with Gasteiger partial charge in [0.05, 0.1) is 27.4 Å². The first-order valence-electron chi connectivity index (χ1n) is 6.30. The predicted molar refractivity (Wildman–Crippen MR) is 70.0 cm³/mol. The van der Waals surface area contributed by atoms with Crippen molar-refractivity contribution in [3.8, 4) is 6.07 Å². The van der Waals surface area contributed by atoms with Crippen LogP contribution in [0.25, 0.3) is 0 Å². The molecule has 0 heterocycles. The van der Waals surface area contributed by atoms with Crippen molar-refractivity contribution in [3.05, 3.63) is 44.0 Å². The Morgan fingerprint density at radius 2 is 1.85 bits per heavy atom. The Hall–Kier alpha value is -2.49. The zero-order valence-electron chi connectivity index (χ0n) is 10.7. The summed E-state index contributed by atoms with van der Waals surface area (Å²) in [5, 5.41) is 31.1. The van der Waals surface area contributed by atoms with E-state index in [9.17, 15) is 25.5 Å². The van der Waals surface area contributed by atoms with Gasteiger partial charge in [-0.05, 0) is 25.3 Å². The Morgan fingerprint density at radius 1 is 1.20 bits per heavy atom. The van der Waals surface area contributed by atoms with Crippen LogP contribution in [-0.4, -0.2) is 9.85 Å². The van der Waals surface area contributed by atoms with E-state index >= 15 is 0 Å². The van der Waals surface area contributed by atoms with Crippen LogP contribution in [0.5, 0.6) is 0 Å². The lowest BCUT2D eigenvalue weighted by Crippen LogP contribution is -2.17. The first-order valence-corrected chi connectivity index (χ1v) is 6.30. The second kappa shape index (κ2) is 5.25. The molecule has 7 nitrogen and oxygen atoms in total. The molecule has 0 atom stereocenters. The van der Waals surface area contributed by atoms with Gasteiger partial charge in [-0.2, -0.15) is 5.26 Å². The number of rotatable bonds is 4. The highest BCUT2D eigenvalue weighted by Crippen LogP contribution is 2.42. The molecule has 20 heavy (non-hydrogen) atoms. The Labute approximate surface area is 115 Å². The van der Waals surface area contributed by atoms with Gasteiger partial charge in [-0.3, -0.25) is 20.2 Å². The number of hydrogen-bond donors (Lipinski definition) is 0. The maximum atomic E-state index is 11.1. The minimum Gasteiger partial charge on any atom is -0.258 e. The van der Waals surface area contributed by atoms with Gasteiger partial charge in [-0.25, -0.2) is 0 Å². The summed E-state index contributed by atoms with van der Waals surface area (Å²) in [5.41, 5.74) is -0.761. The van der Waals surface area contributed by atoms with E-state index in [0.717, 1.165) is 31.7 Å². The van der Waals surface area contributed by atoms with E-state index < -0.39 is 15.3 Å². The largest absolute Gasteiger partial charge is 0.279 e. The monoisotopic (exact) mass is 275 g/mol. The molecule has 0 aliphatic heterocycles. The van der Waals surface area contributed by atoms with E-state index in [1.807, 2.05) is 0 Å². The van der Waals surface area contributed by atoms with Crippen LogP contribution in [0, 0.1) is 37.0 Å². The zero-order valence-corrected chi connectivity index (χ0v) is 10.7. The van der Waals surface area contributed by atoms with Crippen molar-refractivity contribution >= 4 is 11.4 Å². The molecule has 7 heteroatoms. The van der Waals surface area contributed by atoms with Crippen LogP contribution in [0.1, 0.15) is 31.2 Å². The lowest BCUT2D eigenvalue weighted by Gasteiger charge is -2.19. The molecular formula is C13H13N3O4. The Kier molecular flexibility index (Phi) is 3.66. The summed E-state index contributed by atoms with van der Waals surface area (Å²) in [6, 6.07) is 5.89. The average Bonchev–Trinajstić information content (AvgIpc) is 2.88. The third-order valence-electron chi connectivity index (χ3n) is 3.80. The summed E-state index contributed by atoms with van der Waals surface area (Å²) in [4.78, 5) is 20.5. The summed E-state index contributed by atoms with van der Waals surface area (Å²) in [5.74, 6) is 0. The number of nitro groups is 2. The van der Waals surface area contributed by atoms with Crippen molar-refractivity contribution in [1.82, 2.24) is 0 Å². The Balaban J connectivity index is 2.39. The molecule has 1 aliphatic carbocycles. The number of nitrogens with zero attached hydrogens (tertiary/aromatic N) is 3. The van der Waals surface area contributed by atoms with Crippen LogP contribution in [-0.2, 0) is 6.42 Å². The third kappa shape index (κ3) is 2.59. The van der Waals surface area contributed by atoms with Gasteiger partial charge < -0.3 is 0 Å². The molecule has 0 spiro atoms. The Bertz CT molecular complexity index is 600. The van der Waals surface area contributed by atoms with Crippen molar-refractivity contribution < 1.29 is 9.85 Å². The zero-order chi connectivity index (χ0) is 14.8. The SMILES string of the molecule is N#CC1(Cc2ccc([N+](=O)[O-])cc2[N+](=O)[O-])CCCC1. The van der Waals surface area contributed by atoms with E-state index in [2.05, 4.69) is 6.07 Å². The molecule has 1 fully saturated rings. The van der Waals surface area contributed by atoms with E-state index in [1.54, 1.807) is 0 Å². The molecule has 0 aromatic heterocycles. The van der Waals surface area contributed by atoms with Crippen molar-refractivity contribution in [2.24, 2.45) is 5.41 Å². The molecule has 0 radical (unpaired) electrons. The van der Waals surface area contributed by atoms with E-state index in [4.69, 9.17) is 0 Å². The highest BCUT2D eigenvalue weighted by atomic mass is 16.6. The molecule has 0 N–H and O–H groups in total. The molecule has 1 aromatic carbocycles. The van der Waals surface area contributed by atoms with Crippen LogP contribution in [0.3, 0.4) is 0 Å². The highest BCUT2D eigenvalue weighted by molar-refractivity contribution is 5.49. The van der Waals surface area contributed by atoms with Crippen LogP contribution in [0.4, 0.5) is 11.4 Å². The van der Waals surface area contributed by atoms with Gasteiger partial charge in [0.15, 0.2) is 0 Å². The summed E-state index contributed by atoms with van der Waals surface area (Å²) in [6.45, 7) is 0. The van der Waals surface area contributed by atoms with Gasteiger partial charge in [0.2, 0.25) is 0 Å². The highest BCUT2D eigenvalue weighted by Gasteiger charge is 2.36. The molecule has 0 saturated heterocycles. The molecule has 0 unspecified atom stereocenters. The van der Waals surface area contributed by atoms with Crippen LogP contribution < -0.4 is 0 Å². The topological polar surface area (TPSA) is 110 Å². The fourth-order valence-electron chi connectivity index (χ4n) is 2.73. The third-order valence-corrected chi connectivity index (χ3v) is 3.80. The summed E-state index contributed by atoms with van der Waals surface area (Å²) in [6.07, 6.45) is 3.59. The van der Waals surface area contributed by atoms with E-state index in [-0.39, 0.29) is 17.8 Å². The average molecular weight is 275 g/mol.